The van der Waals surface area contributed by atoms with E-state index in [4.69, 9.17) is 9.98 Å². The molecule has 2 aliphatic rings. The fourth-order valence-electron chi connectivity index (χ4n) is 8.58. The Morgan fingerprint density at radius 1 is 0.636 bits per heavy atom. The number of fused-ring (bicyclic) bond motifs is 10. The molecule has 6 aromatic carbocycles. The van der Waals surface area contributed by atoms with Gasteiger partial charge < -0.3 is 0 Å². The van der Waals surface area contributed by atoms with Crippen LogP contribution in [0.15, 0.2) is 99.5 Å². The first kappa shape index (κ1) is 22.9. The highest BCUT2D eigenvalue weighted by atomic mass is 16.1. The molecule has 0 spiro atoms. The van der Waals surface area contributed by atoms with E-state index in [-0.39, 0.29) is 23.2 Å². The van der Waals surface area contributed by atoms with Crippen LogP contribution in [0.1, 0.15) is 17.2 Å². The SMILES string of the molecule is Cc1cc2c3n(c(=O)c4ccc5c6ccc7c8c(cc(C)c(c1c5c42)c68)c(=O)n1c2ccccc2nc71)C1C=CC=CC1N=3. The van der Waals surface area contributed by atoms with Gasteiger partial charge in [0.05, 0.1) is 23.1 Å². The van der Waals surface area contributed by atoms with E-state index in [1.165, 1.54) is 0 Å². The number of aryl methyl sites for hydroxylation is 2. The standard InChI is InChI=1S/C38H22N4O2/c1-17-15-23-32-22(37(43)42-28-10-6-4-8-26(28)40-36(23)42)14-12-20-19-11-13-21-31-24(16-18(2)30(33(19)31)29(17)34(20)32)38(44)41-27-9-5-3-7-25(27)39-35(21)41/h3-16,26,28H,1-2H3. The van der Waals surface area contributed by atoms with Crippen molar-refractivity contribution in [1.29, 1.82) is 0 Å². The topological polar surface area (TPSA) is 68.7 Å². The van der Waals surface area contributed by atoms with Crippen LogP contribution in [0.5, 0.6) is 0 Å². The van der Waals surface area contributed by atoms with E-state index in [0.717, 1.165) is 86.9 Å². The van der Waals surface area contributed by atoms with Crippen LogP contribution in [-0.2, 0) is 0 Å². The molecule has 0 amide bonds. The predicted molar refractivity (Wildman–Crippen MR) is 178 cm³/mol. The van der Waals surface area contributed by atoms with E-state index >= 15 is 0 Å². The molecule has 1 aliphatic heterocycles. The van der Waals surface area contributed by atoms with Crippen molar-refractivity contribution in [2.45, 2.75) is 25.9 Å². The minimum Gasteiger partial charge on any atom is -0.283 e. The van der Waals surface area contributed by atoms with Gasteiger partial charge in [-0.3, -0.25) is 23.5 Å². The zero-order valence-electron chi connectivity index (χ0n) is 23.8. The zero-order valence-corrected chi connectivity index (χ0v) is 23.8. The summed E-state index contributed by atoms with van der Waals surface area (Å²) in [5, 5.41) is 12.0. The molecule has 0 radical (unpaired) electrons. The smallest absolute Gasteiger partial charge is 0.264 e. The van der Waals surface area contributed by atoms with Gasteiger partial charge in [-0.05, 0) is 93.7 Å². The van der Waals surface area contributed by atoms with Crippen molar-refractivity contribution in [2.24, 2.45) is 4.99 Å². The van der Waals surface area contributed by atoms with Crippen LogP contribution in [0.3, 0.4) is 0 Å². The van der Waals surface area contributed by atoms with Gasteiger partial charge in [-0.1, -0.05) is 48.6 Å². The number of hydrogen-bond donors (Lipinski definition) is 0. The number of benzene rings is 6. The molecule has 0 saturated carbocycles. The molecule has 0 saturated heterocycles. The third kappa shape index (κ3) is 2.38. The first-order chi connectivity index (χ1) is 21.5. The summed E-state index contributed by atoms with van der Waals surface area (Å²) < 4.78 is 3.65. The van der Waals surface area contributed by atoms with Crippen LogP contribution < -0.4 is 16.6 Å². The number of para-hydroxylation sites is 2. The first-order valence-corrected chi connectivity index (χ1v) is 15.0. The number of imidazole rings is 1. The summed E-state index contributed by atoms with van der Waals surface area (Å²) in [5.74, 6) is 0. The highest BCUT2D eigenvalue weighted by Crippen LogP contribution is 2.47. The van der Waals surface area contributed by atoms with Gasteiger partial charge in [-0.2, -0.15) is 0 Å². The van der Waals surface area contributed by atoms with Gasteiger partial charge in [-0.25, -0.2) is 4.98 Å². The van der Waals surface area contributed by atoms with Crippen molar-refractivity contribution in [2.75, 3.05) is 0 Å². The van der Waals surface area contributed by atoms with Gasteiger partial charge in [0.2, 0.25) is 0 Å². The van der Waals surface area contributed by atoms with Gasteiger partial charge in [0.25, 0.3) is 11.1 Å². The number of nitrogens with zero attached hydrogens (tertiary/aromatic N) is 4. The minimum absolute atomic E-state index is 0.00215. The Kier molecular flexibility index (Phi) is 3.80. The molecule has 44 heavy (non-hydrogen) atoms. The normalized spacial score (nSPS) is 18.0. The maximum absolute atomic E-state index is 14.2. The van der Waals surface area contributed by atoms with Crippen molar-refractivity contribution < 1.29 is 0 Å². The number of aromatic nitrogens is 3. The van der Waals surface area contributed by atoms with Gasteiger partial charge in [0.15, 0.2) is 0 Å². The molecular weight excluding hydrogens is 544 g/mol. The highest BCUT2D eigenvalue weighted by molar-refractivity contribution is 6.41. The van der Waals surface area contributed by atoms with Crippen molar-refractivity contribution in [3.05, 3.63) is 122 Å². The molecule has 0 bridgehead atoms. The second-order valence-electron chi connectivity index (χ2n) is 12.5. The number of rotatable bonds is 0. The second-order valence-corrected chi connectivity index (χ2v) is 12.5. The molecule has 11 rings (SSSR count). The van der Waals surface area contributed by atoms with Crippen molar-refractivity contribution in [3.8, 4) is 0 Å². The molecular formula is C38H22N4O2. The maximum atomic E-state index is 14.2. The van der Waals surface area contributed by atoms with Crippen LogP contribution in [0.4, 0.5) is 0 Å². The lowest BCUT2D eigenvalue weighted by molar-refractivity contribution is 0.577. The Morgan fingerprint density at radius 2 is 1.30 bits per heavy atom. The molecule has 2 atom stereocenters. The van der Waals surface area contributed by atoms with Crippen molar-refractivity contribution in [3.63, 3.8) is 0 Å². The molecule has 0 N–H and O–H groups in total. The summed E-state index contributed by atoms with van der Waals surface area (Å²) in [7, 11) is 0. The zero-order chi connectivity index (χ0) is 29.2. The largest absolute Gasteiger partial charge is 0.283 e. The Morgan fingerprint density at radius 3 is 2.09 bits per heavy atom. The summed E-state index contributed by atoms with van der Waals surface area (Å²) in [6, 6.07) is 20.3. The van der Waals surface area contributed by atoms with E-state index in [2.05, 4.69) is 56.3 Å². The fourth-order valence-corrected chi connectivity index (χ4v) is 8.58. The third-order valence-electron chi connectivity index (χ3n) is 10.3. The second kappa shape index (κ2) is 7.29. The Labute approximate surface area is 248 Å². The lowest BCUT2D eigenvalue weighted by atomic mass is 9.83. The van der Waals surface area contributed by atoms with Gasteiger partial charge in [0.1, 0.15) is 11.1 Å². The van der Waals surface area contributed by atoms with Crippen LogP contribution in [0.25, 0.3) is 81.3 Å². The van der Waals surface area contributed by atoms with Crippen molar-refractivity contribution >= 4 is 81.3 Å². The predicted octanol–water partition coefficient (Wildman–Crippen LogP) is 6.81. The van der Waals surface area contributed by atoms with Crippen LogP contribution in [0, 0.1) is 13.8 Å². The quantitative estimate of drug-likeness (QED) is 0.150. The highest BCUT2D eigenvalue weighted by Gasteiger charge is 2.31. The van der Waals surface area contributed by atoms with Gasteiger partial charge >= 0.3 is 0 Å². The Hall–Kier alpha value is -5.62. The third-order valence-corrected chi connectivity index (χ3v) is 10.3. The first-order valence-electron chi connectivity index (χ1n) is 15.0. The average molecular weight is 567 g/mol. The monoisotopic (exact) mass is 566 g/mol. The summed E-state index contributed by atoms with van der Waals surface area (Å²) in [5.41, 5.74) is 5.22. The molecule has 1 aliphatic carbocycles. The van der Waals surface area contributed by atoms with Gasteiger partial charge in [-0.15, -0.1) is 0 Å². The van der Waals surface area contributed by atoms with E-state index in [9.17, 15) is 9.59 Å². The van der Waals surface area contributed by atoms with E-state index < -0.39 is 0 Å². The average Bonchev–Trinajstić information content (AvgIpc) is 3.63. The number of allylic oxidation sites excluding steroid dienone is 2. The summed E-state index contributed by atoms with van der Waals surface area (Å²) in [6.07, 6.45) is 8.18. The molecule has 9 aromatic rings. The molecule has 206 valence electrons. The van der Waals surface area contributed by atoms with Crippen molar-refractivity contribution in [1.82, 2.24) is 14.0 Å². The summed E-state index contributed by atoms with van der Waals surface area (Å²) in [6.45, 7) is 4.27. The minimum atomic E-state index is -0.0980. The van der Waals surface area contributed by atoms with Crippen LogP contribution in [0.2, 0.25) is 0 Å². The fraction of sp³-hybridized carbons (Fsp3) is 0.105. The summed E-state index contributed by atoms with van der Waals surface area (Å²) >= 11 is 0. The number of pyridine rings is 2. The lowest BCUT2D eigenvalue weighted by Gasteiger charge is -2.22. The molecule has 2 unspecified atom stereocenters. The van der Waals surface area contributed by atoms with E-state index in [1.807, 2.05) is 47.1 Å². The molecule has 6 heteroatoms. The molecule has 3 aromatic heterocycles. The molecule has 6 nitrogen and oxygen atoms in total. The van der Waals surface area contributed by atoms with Crippen LogP contribution >= 0.6 is 0 Å². The van der Waals surface area contributed by atoms with Crippen LogP contribution in [-0.4, -0.2) is 20.0 Å². The summed E-state index contributed by atoms with van der Waals surface area (Å²) in [4.78, 5) is 38.4. The lowest BCUT2D eigenvalue weighted by Crippen LogP contribution is -2.34. The Bertz CT molecular complexity index is 3070. The Balaban J connectivity index is 1.42. The maximum Gasteiger partial charge on any atom is 0.264 e. The van der Waals surface area contributed by atoms with Gasteiger partial charge in [0, 0.05) is 32.3 Å². The molecule has 4 heterocycles. The van der Waals surface area contributed by atoms with E-state index in [1.54, 1.807) is 4.40 Å². The molecule has 0 fully saturated rings. The number of hydrogen-bond acceptors (Lipinski definition) is 4. The van der Waals surface area contributed by atoms with E-state index in [0.29, 0.717) is 11.0 Å².